The second kappa shape index (κ2) is 10.5. The Morgan fingerprint density at radius 3 is 1.20 bits per heavy atom. The van der Waals surface area contributed by atoms with Gasteiger partial charge in [0.1, 0.15) is 23.0 Å². The SMILES string of the molecule is COc1cccc(OC)c1PCCCPc1c(OC)cccc1OC. The molecule has 0 saturated carbocycles. The maximum absolute atomic E-state index is 5.47. The van der Waals surface area contributed by atoms with Crippen LogP contribution in [0.4, 0.5) is 0 Å². The van der Waals surface area contributed by atoms with Crippen LogP contribution in [0.15, 0.2) is 36.4 Å². The van der Waals surface area contributed by atoms with Crippen molar-refractivity contribution in [3.05, 3.63) is 36.4 Å². The monoisotopic (exact) mass is 380 g/mol. The molecule has 2 unspecified atom stereocenters. The van der Waals surface area contributed by atoms with Crippen LogP contribution in [0, 0.1) is 0 Å². The lowest BCUT2D eigenvalue weighted by atomic mass is 10.3. The van der Waals surface area contributed by atoms with E-state index in [4.69, 9.17) is 18.9 Å². The molecule has 0 bridgehead atoms. The van der Waals surface area contributed by atoms with Gasteiger partial charge < -0.3 is 18.9 Å². The summed E-state index contributed by atoms with van der Waals surface area (Å²) in [6.07, 6.45) is 3.36. The van der Waals surface area contributed by atoms with Crippen LogP contribution in [0.2, 0.25) is 0 Å². The van der Waals surface area contributed by atoms with E-state index in [0.29, 0.717) is 17.2 Å². The Kier molecular flexibility index (Phi) is 8.31. The van der Waals surface area contributed by atoms with Crippen molar-refractivity contribution in [1.82, 2.24) is 0 Å². The zero-order valence-electron chi connectivity index (χ0n) is 15.2. The van der Waals surface area contributed by atoms with Gasteiger partial charge in [-0.25, -0.2) is 0 Å². The van der Waals surface area contributed by atoms with E-state index in [-0.39, 0.29) is 0 Å². The van der Waals surface area contributed by atoms with Gasteiger partial charge in [-0.3, -0.25) is 0 Å². The minimum absolute atomic E-state index is 0.670. The van der Waals surface area contributed by atoms with Crippen molar-refractivity contribution in [3.63, 3.8) is 0 Å². The molecule has 0 aliphatic heterocycles. The van der Waals surface area contributed by atoms with Gasteiger partial charge in [0.25, 0.3) is 0 Å². The van der Waals surface area contributed by atoms with Gasteiger partial charge in [0.05, 0.1) is 39.0 Å². The maximum Gasteiger partial charge on any atom is 0.129 e. The summed E-state index contributed by atoms with van der Waals surface area (Å²) in [5.41, 5.74) is 0. The van der Waals surface area contributed by atoms with E-state index in [2.05, 4.69) is 0 Å². The Morgan fingerprint density at radius 2 is 0.920 bits per heavy atom. The first kappa shape index (κ1) is 19.8. The lowest BCUT2D eigenvalue weighted by Crippen LogP contribution is -2.08. The number of hydrogen-bond acceptors (Lipinski definition) is 4. The quantitative estimate of drug-likeness (QED) is 0.468. The lowest BCUT2D eigenvalue weighted by molar-refractivity contribution is 0.400. The van der Waals surface area contributed by atoms with Crippen molar-refractivity contribution < 1.29 is 18.9 Å². The van der Waals surface area contributed by atoms with Crippen LogP contribution in [-0.2, 0) is 0 Å². The van der Waals surface area contributed by atoms with E-state index in [0.717, 1.165) is 41.7 Å². The summed E-state index contributed by atoms with van der Waals surface area (Å²) in [5.74, 6) is 3.64. The predicted octanol–water partition coefficient (Wildman–Crippen LogP) is 3.42. The van der Waals surface area contributed by atoms with Crippen LogP contribution in [0.25, 0.3) is 0 Å². The molecule has 136 valence electrons. The topological polar surface area (TPSA) is 36.9 Å². The molecular formula is C19H26O4P2. The van der Waals surface area contributed by atoms with Crippen LogP contribution in [0.3, 0.4) is 0 Å². The summed E-state index contributed by atoms with van der Waals surface area (Å²) in [4.78, 5) is 0. The molecule has 0 amide bonds. The van der Waals surface area contributed by atoms with E-state index in [9.17, 15) is 0 Å². The third-order valence-corrected chi connectivity index (χ3v) is 6.71. The molecule has 25 heavy (non-hydrogen) atoms. The first-order chi connectivity index (χ1) is 12.2. The van der Waals surface area contributed by atoms with Crippen molar-refractivity contribution in [2.24, 2.45) is 0 Å². The summed E-state index contributed by atoms with van der Waals surface area (Å²) in [6, 6.07) is 11.9. The summed E-state index contributed by atoms with van der Waals surface area (Å²) >= 11 is 0. The third kappa shape index (κ3) is 5.23. The maximum atomic E-state index is 5.47. The second-order valence-electron chi connectivity index (χ2n) is 5.28. The van der Waals surface area contributed by atoms with E-state index < -0.39 is 0 Å². The van der Waals surface area contributed by atoms with Crippen molar-refractivity contribution >= 4 is 27.8 Å². The van der Waals surface area contributed by atoms with Gasteiger partial charge in [-0.05, 0) is 43.0 Å². The van der Waals surface area contributed by atoms with Crippen molar-refractivity contribution in [2.75, 3.05) is 40.8 Å². The number of hydrogen-bond donors (Lipinski definition) is 0. The van der Waals surface area contributed by atoms with Gasteiger partial charge in [0.2, 0.25) is 0 Å². The first-order valence-corrected chi connectivity index (χ1v) is 10.6. The highest BCUT2D eigenvalue weighted by atomic mass is 31.1. The standard InChI is InChI=1S/C19H26O4P2/c1-20-14-8-5-9-15(21-2)18(14)24-12-7-13-25-19-16(22-3)10-6-11-17(19)23-4/h5-6,8-11,24-25H,7,12-13H2,1-4H3. The average molecular weight is 380 g/mol. The Morgan fingerprint density at radius 1 is 0.600 bits per heavy atom. The van der Waals surface area contributed by atoms with Crippen molar-refractivity contribution in [2.45, 2.75) is 6.42 Å². The Labute approximate surface area is 153 Å². The number of methoxy groups -OCH3 is 4. The number of rotatable bonds is 10. The van der Waals surface area contributed by atoms with Crippen LogP contribution < -0.4 is 29.6 Å². The summed E-state index contributed by atoms with van der Waals surface area (Å²) in [5, 5.41) is 2.34. The Bertz CT molecular complexity index is 574. The molecule has 0 fully saturated rings. The summed E-state index contributed by atoms with van der Waals surface area (Å²) < 4.78 is 21.9. The molecule has 0 radical (unpaired) electrons. The largest absolute Gasteiger partial charge is 0.496 e. The molecular weight excluding hydrogens is 354 g/mol. The molecule has 0 aromatic heterocycles. The molecule has 4 nitrogen and oxygen atoms in total. The van der Waals surface area contributed by atoms with Crippen LogP contribution in [0.1, 0.15) is 6.42 Å². The normalized spacial score (nSPS) is 11.4. The first-order valence-electron chi connectivity index (χ1n) is 8.14. The highest BCUT2D eigenvalue weighted by Crippen LogP contribution is 2.30. The highest BCUT2D eigenvalue weighted by molar-refractivity contribution is 7.48. The molecule has 0 N–H and O–H groups in total. The van der Waals surface area contributed by atoms with E-state index >= 15 is 0 Å². The molecule has 2 aromatic rings. The van der Waals surface area contributed by atoms with Gasteiger partial charge in [-0.15, -0.1) is 0 Å². The molecule has 2 rings (SSSR count). The van der Waals surface area contributed by atoms with Crippen LogP contribution in [0.5, 0.6) is 23.0 Å². The fourth-order valence-corrected chi connectivity index (χ4v) is 5.57. The van der Waals surface area contributed by atoms with Gasteiger partial charge >= 0.3 is 0 Å². The molecule has 0 saturated heterocycles. The molecule has 0 aliphatic carbocycles. The summed E-state index contributed by atoms with van der Waals surface area (Å²) in [7, 11) is 8.17. The second-order valence-corrected chi connectivity index (χ2v) is 7.99. The fourth-order valence-electron chi connectivity index (χ4n) is 2.57. The molecule has 2 atom stereocenters. The highest BCUT2D eigenvalue weighted by Gasteiger charge is 2.11. The third-order valence-electron chi connectivity index (χ3n) is 3.81. The van der Waals surface area contributed by atoms with Gasteiger partial charge in [-0.2, -0.15) is 0 Å². The minimum atomic E-state index is 0.670. The average Bonchev–Trinajstić information content (AvgIpc) is 2.67. The number of benzene rings is 2. The Hall–Kier alpha value is -1.50. The Balaban J connectivity index is 1.91. The molecule has 0 spiro atoms. The van der Waals surface area contributed by atoms with Gasteiger partial charge in [-0.1, -0.05) is 29.3 Å². The molecule has 0 heterocycles. The predicted molar refractivity (Wildman–Crippen MR) is 109 cm³/mol. The van der Waals surface area contributed by atoms with Crippen molar-refractivity contribution in [3.8, 4) is 23.0 Å². The van der Waals surface area contributed by atoms with Crippen LogP contribution >= 0.6 is 17.2 Å². The van der Waals surface area contributed by atoms with E-state index in [1.807, 2.05) is 36.4 Å². The fraction of sp³-hybridized carbons (Fsp3) is 0.368. The zero-order valence-corrected chi connectivity index (χ0v) is 17.2. The van der Waals surface area contributed by atoms with E-state index in [1.165, 1.54) is 10.6 Å². The van der Waals surface area contributed by atoms with Gasteiger partial charge in [0, 0.05) is 0 Å². The van der Waals surface area contributed by atoms with Crippen molar-refractivity contribution in [1.29, 1.82) is 0 Å². The zero-order chi connectivity index (χ0) is 18.1. The van der Waals surface area contributed by atoms with Gasteiger partial charge in [0.15, 0.2) is 0 Å². The number of ether oxygens (including phenoxy) is 4. The minimum Gasteiger partial charge on any atom is -0.496 e. The molecule has 0 aliphatic rings. The molecule has 2 aromatic carbocycles. The summed E-state index contributed by atoms with van der Waals surface area (Å²) in [6.45, 7) is 0. The lowest BCUT2D eigenvalue weighted by Gasteiger charge is -2.14. The van der Waals surface area contributed by atoms with E-state index in [1.54, 1.807) is 28.4 Å². The van der Waals surface area contributed by atoms with Crippen LogP contribution in [-0.4, -0.2) is 40.8 Å². The molecule has 6 heteroatoms. The smallest absolute Gasteiger partial charge is 0.129 e.